The van der Waals surface area contributed by atoms with Crippen molar-refractivity contribution in [2.24, 2.45) is 5.92 Å². The second-order valence-electron chi connectivity index (χ2n) is 4.33. The van der Waals surface area contributed by atoms with Crippen molar-refractivity contribution in [3.05, 3.63) is 24.3 Å². The van der Waals surface area contributed by atoms with Crippen LogP contribution in [0.4, 0.5) is 5.69 Å². The lowest BCUT2D eigenvalue weighted by Gasteiger charge is -2.20. The maximum Gasteiger partial charge on any atom is 0.308 e. The zero-order valence-corrected chi connectivity index (χ0v) is 11.4. The Morgan fingerprint density at radius 1 is 1.28 bits per heavy atom. The molecule has 0 aliphatic heterocycles. The first kappa shape index (κ1) is 14.5. The van der Waals surface area contributed by atoms with Gasteiger partial charge in [0, 0.05) is 12.3 Å². The van der Waals surface area contributed by atoms with Gasteiger partial charge in [0.1, 0.15) is 0 Å². The van der Waals surface area contributed by atoms with E-state index >= 15 is 0 Å². The molecule has 0 spiro atoms. The zero-order valence-electron chi connectivity index (χ0n) is 10.5. The lowest BCUT2D eigenvalue weighted by Crippen LogP contribution is -2.30. The first-order valence-corrected chi connectivity index (χ1v) is 7.41. The van der Waals surface area contributed by atoms with Crippen molar-refractivity contribution >= 4 is 21.5 Å². The Bertz CT molecular complexity index is 539. The van der Waals surface area contributed by atoms with Gasteiger partial charge in [-0.15, -0.1) is 0 Å². The number of aliphatic carboxylic acids is 1. The highest BCUT2D eigenvalue weighted by Gasteiger charge is 2.21. The van der Waals surface area contributed by atoms with Gasteiger partial charge in [0.2, 0.25) is 0 Å². The van der Waals surface area contributed by atoms with E-state index in [1.54, 1.807) is 32.0 Å². The number of rotatable bonds is 5. The van der Waals surface area contributed by atoms with Crippen LogP contribution in [0, 0.1) is 5.92 Å². The summed E-state index contributed by atoms with van der Waals surface area (Å²) in [6.45, 7) is 3.28. The van der Waals surface area contributed by atoms with Crippen molar-refractivity contribution < 1.29 is 18.3 Å². The van der Waals surface area contributed by atoms with E-state index in [1.807, 2.05) is 0 Å². The molecule has 2 unspecified atom stereocenters. The molecule has 100 valence electrons. The second-order valence-corrected chi connectivity index (χ2v) is 6.31. The first-order chi connectivity index (χ1) is 8.23. The Kier molecular flexibility index (Phi) is 4.34. The molecule has 0 aromatic heterocycles. The fourth-order valence-corrected chi connectivity index (χ4v) is 2.35. The van der Waals surface area contributed by atoms with Crippen LogP contribution in [0.1, 0.15) is 13.8 Å². The number of sulfone groups is 1. The van der Waals surface area contributed by atoms with Crippen molar-refractivity contribution in [1.29, 1.82) is 0 Å². The minimum Gasteiger partial charge on any atom is -0.481 e. The Morgan fingerprint density at radius 2 is 1.83 bits per heavy atom. The third-order valence-electron chi connectivity index (χ3n) is 2.81. The Hall–Kier alpha value is -1.56. The molecule has 0 bridgehead atoms. The van der Waals surface area contributed by atoms with Crippen molar-refractivity contribution in [3.63, 3.8) is 0 Å². The van der Waals surface area contributed by atoms with Gasteiger partial charge in [0.05, 0.1) is 16.5 Å². The van der Waals surface area contributed by atoms with Gasteiger partial charge in [0.15, 0.2) is 9.84 Å². The van der Waals surface area contributed by atoms with E-state index < -0.39 is 21.7 Å². The largest absolute Gasteiger partial charge is 0.481 e. The second kappa shape index (κ2) is 5.39. The van der Waals surface area contributed by atoms with Gasteiger partial charge in [0.25, 0.3) is 0 Å². The van der Waals surface area contributed by atoms with Crippen LogP contribution in [0.25, 0.3) is 0 Å². The summed E-state index contributed by atoms with van der Waals surface area (Å²) in [5.74, 6) is -1.54. The van der Waals surface area contributed by atoms with Gasteiger partial charge in [-0.25, -0.2) is 8.42 Å². The normalized spacial score (nSPS) is 14.8. The predicted molar refractivity (Wildman–Crippen MR) is 69.4 cm³/mol. The van der Waals surface area contributed by atoms with Gasteiger partial charge in [-0.3, -0.25) is 4.79 Å². The topological polar surface area (TPSA) is 83.5 Å². The van der Waals surface area contributed by atoms with Crippen LogP contribution in [-0.4, -0.2) is 31.8 Å². The molecule has 0 aliphatic rings. The summed E-state index contributed by atoms with van der Waals surface area (Å²) >= 11 is 0. The molecule has 0 amide bonds. The SMILES string of the molecule is CC(Nc1ccccc1S(C)(=O)=O)C(C)C(=O)O. The molecule has 18 heavy (non-hydrogen) atoms. The van der Waals surface area contributed by atoms with E-state index in [0.717, 1.165) is 6.26 Å². The summed E-state index contributed by atoms with van der Waals surface area (Å²) in [5.41, 5.74) is 0.431. The number of carboxylic acid groups (broad SMARTS) is 1. The van der Waals surface area contributed by atoms with Crippen molar-refractivity contribution in [2.75, 3.05) is 11.6 Å². The zero-order chi connectivity index (χ0) is 13.9. The number of carboxylic acids is 1. The van der Waals surface area contributed by atoms with Gasteiger partial charge >= 0.3 is 5.97 Å². The van der Waals surface area contributed by atoms with E-state index in [9.17, 15) is 13.2 Å². The summed E-state index contributed by atoms with van der Waals surface area (Å²) in [6.07, 6.45) is 1.12. The molecule has 1 rings (SSSR count). The Balaban J connectivity index is 3.02. The molecule has 1 aromatic carbocycles. The van der Waals surface area contributed by atoms with Crippen LogP contribution in [0.2, 0.25) is 0 Å². The molecule has 2 N–H and O–H groups in total. The molecule has 5 nitrogen and oxygen atoms in total. The average molecular weight is 271 g/mol. The van der Waals surface area contributed by atoms with Gasteiger partial charge in [-0.2, -0.15) is 0 Å². The van der Waals surface area contributed by atoms with E-state index in [1.165, 1.54) is 6.07 Å². The number of para-hydroxylation sites is 1. The number of benzene rings is 1. The van der Waals surface area contributed by atoms with Crippen LogP contribution < -0.4 is 5.32 Å². The summed E-state index contributed by atoms with van der Waals surface area (Å²) < 4.78 is 23.2. The maximum atomic E-state index is 11.6. The predicted octanol–water partition coefficient (Wildman–Crippen LogP) is 1.61. The van der Waals surface area contributed by atoms with Crippen LogP contribution in [0.3, 0.4) is 0 Å². The van der Waals surface area contributed by atoms with E-state index in [0.29, 0.717) is 5.69 Å². The fraction of sp³-hybridized carbons (Fsp3) is 0.417. The molecule has 0 radical (unpaired) electrons. The average Bonchev–Trinajstić information content (AvgIpc) is 2.27. The minimum atomic E-state index is -3.33. The number of nitrogens with one attached hydrogen (secondary N) is 1. The molecule has 0 fully saturated rings. The standard InChI is InChI=1S/C12H17NO4S/c1-8(12(14)15)9(2)13-10-6-4-5-7-11(10)18(3,16)17/h4-9,13H,1-3H3,(H,14,15). The number of hydrogen-bond donors (Lipinski definition) is 2. The molecule has 6 heteroatoms. The van der Waals surface area contributed by atoms with Crippen molar-refractivity contribution in [3.8, 4) is 0 Å². The number of hydrogen-bond acceptors (Lipinski definition) is 4. The molecule has 0 saturated carbocycles. The molecule has 1 aromatic rings. The Morgan fingerprint density at radius 3 is 2.33 bits per heavy atom. The molecule has 2 atom stereocenters. The monoisotopic (exact) mass is 271 g/mol. The minimum absolute atomic E-state index is 0.175. The third kappa shape index (κ3) is 3.46. The summed E-state index contributed by atoms with van der Waals surface area (Å²) in [4.78, 5) is 11.0. The lowest BCUT2D eigenvalue weighted by molar-refractivity contribution is -0.141. The number of carbonyl (C=O) groups is 1. The fourth-order valence-electron chi connectivity index (χ4n) is 1.49. The van der Waals surface area contributed by atoms with E-state index in [-0.39, 0.29) is 10.9 Å². The number of anilines is 1. The molecular weight excluding hydrogens is 254 g/mol. The van der Waals surface area contributed by atoms with Crippen LogP contribution in [-0.2, 0) is 14.6 Å². The Labute approximate surface area is 107 Å². The first-order valence-electron chi connectivity index (χ1n) is 5.52. The smallest absolute Gasteiger partial charge is 0.308 e. The third-order valence-corrected chi connectivity index (χ3v) is 3.96. The lowest BCUT2D eigenvalue weighted by atomic mass is 10.0. The molecule has 0 heterocycles. The quantitative estimate of drug-likeness (QED) is 0.850. The van der Waals surface area contributed by atoms with Crippen LogP contribution in [0.15, 0.2) is 29.2 Å². The molecule has 0 saturated heterocycles. The summed E-state index contributed by atoms with van der Waals surface area (Å²) in [7, 11) is -3.33. The summed E-state index contributed by atoms with van der Waals surface area (Å²) in [6, 6.07) is 6.09. The molecular formula is C12H17NO4S. The van der Waals surface area contributed by atoms with Crippen LogP contribution >= 0.6 is 0 Å². The highest BCUT2D eigenvalue weighted by atomic mass is 32.2. The maximum absolute atomic E-state index is 11.6. The highest BCUT2D eigenvalue weighted by molar-refractivity contribution is 7.90. The van der Waals surface area contributed by atoms with Gasteiger partial charge in [-0.05, 0) is 26.0 Å². The van der Waals surface area contributed by atoms with Crippen LogP contribution in [0.5, 0.6) is 0 Å². The van der Waals surface area contributed by atoms with Gasteiger partial charge < -0.3 is 10.4 Å². The van der Waals surface area contributed by atoms with E-state index in [4.69, 9.17) is 5.11 Å². The van der Waals surface area contributed by atoms with Crippen molar-refractivity contribution in [1.82, 2.24) is 0 Å². The molecule has 0 aliphatic carbocycles. The van der Waals surface area contributed by atoms with E-state index in [2.05, 4.69) is 5.32 Å². The summed E-state index contributed by atoms with van der Waals surface area (Å²) in [5, 5.41) is 11.8. The van der Waals surface area contributed by atoms with Crippen molar-refractivity contribution in [2.45, 2.75) is 24.8 Å². The highest BCUT2D eigenvalue weighted by Crippen LogP contribution is 2.22. The van der Waals surface area contributed by atoms with Gasteiger partial charge in [-0.1, -0.05) is 12.1 Å².